The van der Waals surface area contributed by atoms with Gasteiger partial charge < -0.3 is 9.84 Å². The van der Waals surface area contributed by atoms with E-state index in [1.807, 2.05) is 0 Å². The Kier molecular flexibility index (Phi) is 5.92. The summed E-state index contributed by atoms with van der Waals surface area (Å²) in [5.74, 6) is -1.17. The Balaban J connectivity index is 0.00000242. The van der Waals surface area contributed by atoms with E-state index in [4.69, 9.17) is 9.94 Å². The summed E-state index contributed by atoms with van der Waals surface area (Å²) in [5, 5.41) is 18.1. The molecule has 1 aromatic carbocycles. The fraction of sp³-hybridized carbons (Fsp3) is 0.500. The SMILES string of the molecule is C.O=C(NO)C1(CS(=O)(=O)c2ccc(O)cc2)CCOCC1. The number of nitrogens with one attached hydrogen (secondary N) is 1. The number of sulfone groups is 1. The van der Waals surface area contributed by atoms with Crippen molar-refractivity contribution in [2.75, 3.05) is 19.0 Å². The van der Waals surface area contributed by atoms with Gasteiger partial charge in [0.15, 0.2) is 9.84 Å². The number of carbonyl (C=O) groups excluding carboxylic acids is 1. The maximum absolute atomic E-state index is 12.5. The standard InChI is InChI=1S/C13H17NO6S.CH4/c15-10-1-3-11(4-2-10)21(18,19)9-13(12(16)14-17)5-7-20-8-6-13;/h1-4,15,17H,5-9H2,(H,14,16);1H4. The molecule has 1 aliphatic rings. The smallest absolute Gasteiger partial charge is 0.250 e. The summed E-state index contributed by atoms with van der Waals surface area (Å²) in [6.45, 7) is 0.525. The van der Waals surface area contributed by atoms with E-state index in [0.29, 0.717) is 0 Å². The van der Waals surface area contributed by atoms with Crippen LogP contribution in [0.2, 0.25) is 0 Å². The Bertz CT molecular complexity index is 605. The van der Waals surface area contributed by atoms with Crippen LogP contribution in [-0.2, 0) is 19.4 Å². The molecule has 1 amide bonds. The highest BCUT2D eigenvalue weighted by atomic mass is 32.2. The number of amides is 1. The van der Waals surface area contributed by atoms with Crippen molar-refractivity contribution >= 4 is 15.7 Å². The zero-order valence-electron chi connectivity index (χ0n) is 11.3. The van der Waals surface area contributed by atoms with Gasteiger partial charge >= 0.3 is 0 Å². The molecule has 2 rings (SSSR count). The average molecular weight is 331 g/mol. The van der Waals surface area contributed by atoms with Crippen molar-refractivity contribution in [1.82, 2.24) is 5.48 Å². The highest BCUT2D eigenvalue weighted by Crippen LogP contribution is 2.34. The maximum Gasteiger partial charge on any atom is 0.250 e. The number of carbonyl (C=O) groups is 1. The van der Waals surface area contributed by atoms with Gasteiger partial charge in [0.2, 0.25) is 0 Å². The Morgan fingerprint density at radius 1 is 1.23 bits per heavy atom. The molecule has 124 valence electrons. The minimum Gasteiger partial charge on any atom is -0.508 e. The van der Waals surface area contributed by atoms with Crippen molar-refractivity contribution < 1.29 is 28.3 Å². The number of rotatable bonds is 4. The van der Waals surface area contributed by atoms with Crippen LogP contribution in [0.4, 0.5) is 0 Å². The summed E-state index contributed by atoms with van der Waals surface area (Å²) in [7, 11) is -3.73. The summed E-state index contributed by atoms with van der Waals surface area (Å²) < 4.78 is 30.1. The number of hydrogen-bond donors (Lipinski definition) is 3. The number of phenols is 1. The lowest BCUT2D eigenvalue weighted by molar-refractivity contribution is -0.143. The van der Waals surface area contributed by atoms with E-state index >= 15 is 0 Å². The topological polar surface area (TPSA) is 113 Å². The van der Waals surface area contributed by atoms with E-state index in [1.54, 1.807) is 5.48 Å². The molecule has 1 saturated heterocycles. The Morgan fingerprint density at radius 2 is 1.77 bits per heavy atom. The van der Waals surface area contributed by atoms with Gasteiger partial charge in [-0.05, 0) is 37.1 Å². The summed E-state index contributed by atoms with van der Waals surface area (Å²) >= 11 is 0. The van der Waals surface area contributed by atoms with Crippen molar-refractivity contribution in [3.63, 3.8) is 0 Å². The molecule has 22 heavy (non-hydrogen) atoms. The van der Waals surface area contributed by atoms with Crippen molar-refractivity contribution in [2.45, 2.75) is 25.2 Å². The number of hydrogen-bond acceptors (Lipinski definition) is 6. The number of ether oxygens (including phenoxy) is 1. The molecule has 8 heteroatoms. The second-order valence-corrected chi connectivity index (χ2v) is 7.08. The number of aromatic hydroxyl groups is 1. The fourth-order valence-electron chi connectivity index (χ4n) is 2.42. The van der Waals surface area contributed by atoms with Gasteiger partial charge in [0.1, 0.15) is 5.75 Å². The molecule has 7 nitrogen and oxygen atoms in total. The Labute approximate surface area is 129 Å². The third-order valence-electron chi connectivity index (χ3n) is 3.70. The molecule has 1 fully saturated rings. The van der Waals surface area contributed by atoms with Crippen LogP contribution in [0, 0.1) is 5.41 Å². The molecule has 0 saturated carbocycles. The van der Waals surface area contributed by atoms with Crippen LogP contribution in [0.3, 0.4) is 0 Å². The van der Waals surface area contributed by atoms with Crippen LogP contribution in [0.1, 0.15) is 20.3 Å². The molecule has 0 unspecified atom stereocenters. The van der Waals surface area contributed by atoms with Gasteiger partial charge in [-0.2, -0.15) is 0 Å². The predicted octanol–water partition coefficient (Wildman–Crippen LogP) is 1.10. The summed E-state index contributed by atoms with van der Waals surface area (Å²) in [5.41, 5.74) is 0.355. The van der Waals surface area contributed by atoms with Gasteiger partial charge in [0.25, 0.3) is 5.91 Å². The summed E-state index contributed by atoms with van der Waals surface area (Å²) in [6, 6.07) is 5.12. The lowest BCUT2D eigenvalue weighted by Gasteiger charge is -2.34. The van der Waals surface area contributed by atoms with Crippen LogP contribution in [-0.4, -0.2) is 43.6 Å². The number of benzene rings is 1. The predicted molar refractivity (Wildman–Crippen MR) is 79.3 cm³/mol. The fourth-order valence-corrected chi connectivity index (χ4v) is 4.28. The first-order valence-corrected chi connectivity index (χ1v) is 8.09. The van der Waals surface area contributed by atoms with E-state index in [1.165, 1.54) is 24.3 Å². The van der Waals surface area contributed by atoms with Gasteiger partial charge in [0, 0.05) is 13.2 Å². The van der Waals surface area contributed by atoms with Gasteiger partial charge in [-0.1, -0.05) is 7.43 Å². The molecule has 3 N–H and O–H groups in total. The van der Waals surface area contributed by atoms with Crippen molar-refractivity contribution in [2.24, 2.45) is 5.41 Å². The van der Waals surface area contributed by atoms with Crippen molar-refractivity contribution in [1.29, 1.82) is 0 Å². The quantitative estimate of drug-likeness (QED) is 0.562. The summed E-state index contributed by atoms with van der Waals surface area (Å²) in [6.07, 6.45) is 0.438. The first kappa shape index (κ1) is 18.4. The summed E-state index contributed by atoms with van der Waals surface area (Å²) in [4.78, 5) is 12.0. The molecule has 0 atom stereocenters. The van der Waals surface area contributed by atoms with Crippen LogP contribution in [0.25, 0.3) is 0 Å². The number of hydroxylamine groups is 1. The lowest BCUT2D eigenvalue weighted by atomic mass is 9.81. The molecule has 0 spiro atoms. The van der Waals surface area contributed by atoms with Crippen molar-refractivity contribution in [3.05, 3.63) is 24.3 Å². The van der Waals surface area contributed by atoms with Crippen LogP contribution >= 0.6 is 0 Å². The minimum atomic E-state index is -3.73. The average Bonchev–Trinajstić information content (AvgIpc) is 2.47. The van der Waals surface area contributed by atoms with Crippen LogP contribution in [0.5, 0.6) is 5.75 Å². The van der Waals surface area contributed by atoms with Gasteiger partial charge in [0.05, 0.1) is 16.1 Å². The van der Waals surface area contributed by atoms with E-state index in [0.717, 1.165) is 0 Å². The zero-order valence-corrected chi connectivity index (χ0v) is 12.1. The van der Waals surface area contributed by atoms with Gasteiger partial charge in [-0.15, -0.1) is 0 Å². The largest absolute Gasteiger partial charge is 0.508 e. The molecule has 0 aromatic heterocycles. The van der Waals surface area contributed by atoms with E-state index < -0.39 is 26.9 Å². The highest BCUT2D eigenvalue weighted by Gasteiger charge is 2.44. The molecule has 0 bridgehead atoms. The Morgan fingerprint density at radius 3 is 2.27 bits per heavy atom. The molecule has 0 radical (unpaired) electrons. The van der Waals surface area contributed by atoms with E-state index in [-0.39, 0.29) is 44.1 Å². The van der Waals surface area contributed by atoms with E-state index in [2.05, 4.69) is 0 Å². The van der Waals surface area contributed by atoms with Crippen LogP contribution < -0.4 is 5.48 Å². The molecular weight excluding hydrogens is 310 g/mol. The van der Waals surface area contributed by atoms with Crippen LogP contribution in [0.15, 0.2) is 29.2 Å². The second-order valence-electron chi connectivity index (χ2n) is 5.09. The maximum atomic E-state index is 12.5. The minimum absolute atomic E-state index is 0. The van der Waals surface area contributed by atoms with Gasteiger partial charge in [-0.25, -0.2) is 13.9 Å². The monoisotopic (exact) mass is 331 g/mol. The molecule has 0 aliphatic carbocycles. The first-order valence-electron chi connectivity index (χ1n) is 6.44. The third kappa shape index (κ3) is 3.76. The molecule has 1 aromatic rings. The zero-order chi connectivity index (χ0) is 15.5. The second kappa shape index (κ2) is 7.08. The molecular formula is C14H21NO6S. The molecule has 1 heterocycles. The molecule has 1 aliphatic heterocycles. The Hall–Kier alpha value is -1.64. The van der Waals surface area contributed by atoms with Crippen molar-refractivity contribution in [3.8, 4) is 5.75 Å². The number of phenolic OH excluding ortho intramolecular Hbond substituents is 1. The van der Waals surface area contributed by atoms with E-state index in [9.17, 15) is 18.3 Å². The normalized spacial score (nSPS) is 17.3. The highest BCUT2D eigenvalue weighted by molar-refractivity contribution is 7.91. The third-order valence-corrected chi connectivity index (χ3v) is 5.62. The lowest BCUT2D eigenvalue weighted by Crippen LogP contribution is -2.47. The first-order chi connectivity index (χ1) is 9.89. The van der Waals surface area contributed by atoms with Gasteiger partial charge in [-0.3, -0.25) is 10.0 Å².